The van der Waals surface area contributed by atoms with E-state index in [0.29, 0.717) is 35.3 Å². The lowest BCUT2D eigenvalue weighted by molar-refractivity contribution is 0.102. The maximum Gasteiger partial charge on any atom is 0.257 e. The standard InChI is InChI=1S/C20H18N4O4/c1-2-26-15-6-4-14(5-7-15)21-18-9-10-19(24-23-18)22-20(25)13-3-8-16-17(11-13)28-12-27-16/h3-11H,2,12H2,1H3,(H,21,23)(H,22,24,25). The number of hydrogen-bond acceptors (Lipinski definition) is 7. The molecule has 8 heteroatoms. The number of nitrogens with zero attached hydrogens (tertiary/aromatic N) is 2. The molecule has 0 saturated heterocycles. The summed E-state index contributed by atoms with van der Waals surface area (Å²) in [5.41, 5.74) is 1.30. The van der Waals surface area contributed by atoms with Crippen molar-refractivity contribution in [2.45, 2.75) is 6.92 Å². The Morgan fingerprint density at radius 3 is 2.50 bits per heavy atom. The summed E-state index contributed by atoms with van der Waals surface area (Å²) in [5, 5.41) is 14.0. The van der Waals surface area contributed by atoms with Gasteiger partial charge in [0.2, 0.25) is 6.79 Å². The van der Waals surface area contributed by atoms with E-state index in [1.807, 2.05) is 31.2 Å². The fourth-order valence-electron chi connectivity index (χ4n) is 2.64. The van der Waals surface area contributed by atoms with Crippen molar-refractivity contribution in [3.05, 3.63) is 60.2 Å². The predicted octanol–water partition coefficient (Wildman–Crippen LogP) is 3.60. The van der Waals surface area contributed by atoms with Gasteiger partial charge in [0, 0.05) is 11.3 Å². The molecule has 2 heterocycles. The highest BCUT2D eigenvalue weighted by Gasteiger charge is 2.16. The number of fused-ring (bicyclic) bond motifs is 1. The zero-order chi connectivity index (χ0) is 19.3. The second-order valence-electron chi connectivity index (χ2n) is 5.91. The molecule has 0 aliphatic carbocycles. The van der Waals surface area contributed by atoms with Crippen molar-refractivity contribution in [3.8, 4) is 17.2 Å². The Kier molecular flexibility index (Phi) is 4.92. The van der Waals surface area contributed by atoms with Crippen LogP contribution in [0.3, 0.4) is 0 Å². The molecule has 8 nitrogen and oxygen atoms in total. The number of aromatic nitrogens is 2. The normalized spacial score (nSPS) is 11.8. The van der Waals surface area contributed by atoms with Gasteiger partial charge in [-0.25, -0.2) is 0 Å². The quantitative estimate of drug-likeness (QED) is 0.677. The molecule has 1 aromatic heterocycles. The summed E-state index contributed by atoms with van der Waals surface area (Å²) < 4.78 is 15.9. The molecule has 0 fully saturated rings. The van der Waals surface area contributed by atoms with Crippen molar-refractivity contribution in [3.63, 3.8) is 0 Å². The molecule has 28 heavy (non-hydrogen) atoms. The highest BCUT2D eigenvalue weighted by atomic mass is 16.7. The third-order valence-corrected chi connectivity index (χ3v) is 3.98. The van der Waals surface area contributed by atoms with E-state index in [-0.39, 0.29) is 12.7 Å². The molecule has 1 amide bonds. The molecular weight excluding hydrogens is 360 g/mol. The molecule has 0 atom stereocenters. The van der Waals surface area contributed by atoms with Gasteiger partial charge < -0.3 is 24.8 Å². The van der Waals surface area contributed by atoms with Crippen molar-refractivity contribution in [2.75, 3.05) is 24.0 Å². The van der Waals surface area contributed by atoms with Gasteiger partial charge in [-0.1, -0.05) is 0 Å². The van der Waals surface area contributed by atoms with Gasteiger partial charge in [-0.2, -0.15) is 0 Å². The molecule has 0 spiro atoms. The fraction of sp³-hybridized carbons (Fsp3) is 0.150. The summed E-state index contributed by atoms with van der Waals surface area (Å²) in [6.07, 6.45) is 0. The Morgan fingerprint density at radius 2 is 1.75 bits per heavy atom. The van der Waals surface area contributed by atoms with Gasteiger partial charge in [-0.15, -0.1) is 10.2 Å². The maximum atomic E-state index is 12.4. The largest absolute Gasteiger partial charge is 0.494 e. The number of benzene rings is 2. The van der Waals surface area contributed by atoms with Crippen LogP contribution in [0.15, 0.2) is 54.6 Å². The van der Waals surface area contributed by atoms with Gasteiger partial charge in [0.25, 0.3) is 5.91 Å². The number of ether oxygens (including phenoxy) is 3. The van der Waals surface area contributed by atoms with Gasteiger partial charge in [-0.3, -0.25) is 4.79 Å². The highest BCUT2D eigenvalue weighted by molar-refractivity contribution is 6.04. The zero-order valence-corrected chi connectivity index (χ0v) is 15.1. The number of carbonyl (C=O) groups is 1. The Balaban J connectivity index is 1.38. The molecule has 0 unspecified atom stereocenters. The first-order valence-corrected chi connectivity index (χ1v) is 8.76. The molecule has 2 N–H and O–H groups in total. The van der Waals surface area contributed by atoms with Gasteiger partial charge >= 0.3 is 0 Å². The van der Waals surface area contributed by atoms with Crippen molar-refractivity contribution in [1.29, 1.82) is 0 Å². The number of hydrogen-bond donors (Lipinski definition) is 2. The van der Waals surface area contributed by atoms with Crippen LogP contribution in [0.25, 0.3) is 0 Å². The second kappa shape index (κ2) is 7.83. The van der Waals surface area contributed by atoms with Gasteiger partial charge in [0.05, 0.1) is 6.61 Å². The van der Waals surface area contributed by atoms with Crippen LogP contribution in [0.5, 0.6) is 17.2 Å². The molecule has 1 aliphatic rings. The number of amides is 1. The van der Waals surface area contributed by atoms with Crippen molar-refractivity contribution in [2.24, 2.45) is 0 Å². The van der Waals surface area contributed by atoms with E-state index in [4.69, 9.17) is 14.2 Å². The minimum atomic E-state index is -0.306. The van der Waals surface area contributed by atoms with E-state index < -0.39 is 0 Å². The minimum absolute atomic E-state index is 0.161. The van der Waals surface area contributed by atoms with Crippen LogP contribution in [-0.2, 0) is 0 Å². The van der Waals surface area contributed by atoms with Crippen LogP contribution >= 0.6 is 0 Å². The van der Waals surface area contributed by atoms with Crippen LogP contribution < -0.4 is 24.8 Å². The maximum absolute atomic E-state index is 12.4. The Bertz CT molecular complexity index is 975. The molecule has 1 aliphatic heterocycles. The summed E-state index contributed by atoms with van der Waals surface area (Å²) >= 11 is 0. The van der Waals surface area contributed by atoms with E-state index in [9.17, 15) is 4.79 Å². The van der Waals surface area contributed by atoms with Gasteiger partial charge in [0.1, 0.15) is 5.75 Å². The second-order valence-corrected chi connectivity index (χ2v) is 5.91. The van der Waals surface area contributed by atoms with Crippen molar-refractivity contribution >= 4 is 23.2 Å². The average molecular weight is 378 g/mol. The van der Waals surface area contributed by atoms with Crippen LogP contribution in [0.2, 0.25) is 0 Å². The van der Waals surface area contributed by atoms with Crippen LogP contribution in [0, 0.1) is 0 Å². The first kappa shape index (κ1) is 17.6. The zero-order valence-electron chi connectivity index (χ0n) is 15.1. The molecule has 2 aromatic carbocycles. The lowest BCUT2D eigenvalue weighted by Crippen LogP contribution is -2.13. The van der Waals surface area contributed by atoms with Crippen molar-refractivity contribution < 1.29 is 19.0 Å². The lowest BCUT2D eigenvalue weighted by Gasteiger charge is -2.08. The van der Waals surface area contributed by atoms with E-state index in [1.165, 1.54) is 0 Å². The third-order valence-electron chi connectivity index (χ3n) is 3.98. The van der Waals surface area contributed by atoms with Crippen molar-refractivity contribution in [1.82, 2.24) is 10.2 Å². The molecule has 4 rings (SSSR count). The monoisotopic (exact) mass is 378 g/mol. The molecule has 0 bridgehead atoms. The smallest absolute Gasteiger partial charge is 0.257 e. The minimum Gasteiger partial charge on any atom is -0.494 e. The van der Waals surface area contributed by atoms with E-state index in [0.717, 1.165) is 11.4 Å². The summed E-state index contributed by atoms with van der Waals surface area (Å²) in [6, 6.07) is 15.9. The van der Waals surface area contributed by atoms with E-state index in [2.05, 4.69) is 20.8 Å². The summed E-state index contributed by atoms with van der Waals surface area (Å²) in [5.74, 6) is 2.58. The Hall–Kier alpha value is -3.81. The van der Waals surface area contributed by atoms with Gasteiger partial charge in [-0.05, 0) is 61.5 Å². The summed E-state index contributed by atoms with van der Waals surface area (Å²) in [6.45, 7) is 2.72. The van der Waals surface area contributed by atoms with Crippen LogP contribution in [0.4, 0.5) is 17.3 Å². The molecule has 0 saturated carbocycles. The van der Waals surface area contributed by atoms with E-state index in [1.54, 1.807) is 30.3 Å². The predicted molar refractivity (Wildman–Crippen MR) is 103 cm³/mol. The molecule has 3 aromatic rings. The first-order valence-electron chi connectivity index (χ1n) is 8.76. The number of rotatable bonds is 6. The molecule has 142 valence electrons. The first-order chi connectivity index (χ1) is 13.7. The number of anilines is 3. The third kappa shape index (κ3) is 3.96. The topological polar surface area (TPSA) is 94.6 Å². The fourth-order valence-corrected chi connectivity index (χ4v) is 2.64. The number of nitrogens with one attached hydrogen (secondary N) is 2. The van der Waals surface area contributed by atoms with Crippen LogP contribution in [0.1, 0.15) is 17.3 Å². The summed E-state index contributed by atoms with van der Waals surface area (Å²) in [4.78, 5) is 12.4. The number of carbonyl (C=O) groups excluding carboxylic acids is 1. The molecule has 0 radical (unpaired) electrons. The highest BCUT2D eigenvalue weighted by Crippen LogP contribution is 2.32. The lowest BCUT2D eigenvalue weighted by atomic mass is 10.2. The average Bonchev–Trinajstić information content (AvgIpc) is 3.19. The SMILES string of the molecule is CCOc1ccc(Nc2ccc(NC(=O)c3ccc4c(c3)OCO4)nn2)cc1. The van der Waals surface area contributed by atoms with Gasteiger partial charge in [0.15, 0.2) is 23.1 Å². The van der Waals surface area contributed by atoms with Crippen LogP contribution in [-0.4, -0.2) is 29.5 Å². The summed E-state index contributed by atoms with van der Waals surface area (Å²) in [7, 11) is 0. The van der Waals surface area contributed by atoms with E-state index >= 15 is 0 Å². The Labute approximate surface area is 161 Å². The molecular formula is C20H18N4O4. The Morgan fingerprint density at radius 1 is 1.00 bits per heavy atom.